The van der Waals surface area contributed by atoms with Crippen LogP contribution in [0.25, 0.3) is 22.6 Å². The molecule has 1 aliphatic rings. The molecule has 2 aromatic carbocycles. The van der Waals surface area contributed by atoms with Crippen molar-refractivity contribution in [3.63, 3.8) is 0 Å². The Kier molecular flexibility index (Phi) is 10.4. The fourth-order valence-electron chi connectivity index (χ4n) is 6.16. The minimum absolute atomic E-state index is 0.182. The molecule has 0 aliphatic heterocycles. The summed E-state index contributed by atoms with van der Waals surface area (Å²) in [6.45, 7) is 10.0. The van der Waals surface area contributed by atoms with E-state index in [0.29, 0.717) is 30.5 Å². The van der Waals surface area contributed by atoms with Gasteiger partial charge in [-0.2, -0.15) is 0 Å². The molecule has 0 radical (unpaired) electrons. The lowest BCUT2D eigenvalue weighted by atomic mass is 9.79. The van der Waals surface area contributed by atoms with E-state index in [-0.39, 0.29) is 5.78 Å². The number of nitrogens with one attached hydrogen (secondary N) is 1. The number of carbonyl (C=O) groups is 2. The van der Waals surface area contributed by atoms with Crippen LogP contribution in [0, 0.1) is 12.8 Å². The van der Waals surface area contributed by atoms with Crippen LogP contribution in [0.3, 0.4) is 0 Å². The van der Waals surface area contributed by atoms with Crippen molar-refractivity contribution in [1.29, 1.82) is 0 Å². The summed E-state index contributed by atoms with van der Waals surface area (Å²) in [5.74, 6) is -0.278. The number of aromatic carboxylic acids is 1. The molecule has 0 atom stereocenters. The molecule has 4 rings (SSSR count). The summed E-state index contributed by atoms with van der Waals surface area (Å²) in [6.07, 6.45) is 14.3. The predicted octanol–water partition coefficient (Wildman–Crippen LogP) is 8.53. The molecule has 214 valence electrons. The maximum absolute atomic E-state index is 13.4. The zero-order valence-electron chi connectivity index (χ0n) is 24.8. The van der Waals surface area contributed by atoms with E-state index in [1.165, 1.54) is 24.8 Å². The van der Waals surface area contributed by atoms with E-state index in [9.17, 15) is 14.7 Å². The number of carboxylic acid groups (broad SMARTS) is 1. The fraction of sp³-hybridized carbons (Fsp3) is 0.486. The Hall–Kier alpha value is -3.18. The number of aromatic nitrogens is 1. The molecular weight excluding hydrogens is 496 g/mol. The van der Waals surface area contributed by atoms with Crippen molar-refractivity contribution in [1.82, 2.24) is 9.88 Å². The average Bonchev–Trinajstić information content (AvgIpc) is 3.32. The van der Waals surface area contributed by atoms with E-state index < -0.39 is 5.97 Å². The normalized spacial score (nSPS) is 14.8. The second-order valence-electron chi connectivity index (χ2n) is 11.7. The Balaban J connectivity index is 1.84. The smallest absolute Gasteiger partial charge is 0.335 e. The van der Waals surface area contributed by atoms with E-state index in [2.05, 4.69) is 61.1 Å². The highest BCUT2D eigenvalue weighted by atomic mass is 16.4. The number of fused-ring (bicyclic) bond motifs is 1. The predicted molar refractivity (Wildman–Crippen MR) is 166 cm³/mol. The summed E-state index contributed by atoms with van der Waals surface area (Å²) in [5, 5.41) is 13.9. The molecular formula is C35H46N2O3. The lowest BCUT2D eigenvalue weighted by Gasteiger charge is -2.26. The van der Waals surface area contributed by atoms with Crippen LogP contribution < -0.4 is 5.32 Å². The SMILES string of the molecule is CCCCCn1cc(C(=O)CCNC(C)C)c2cccc(/C=C(/c3ccc(C(=O)O)cc3C)C3CCCCC3)c21. The first-order valence-corrected chi connectivity index (χ1v) is 15.2. The molecule has 5 nitrogen and oxygen atoms in total. The lowest BCUT2D eigenvalue weighted by molar-refractivity contribution is 0.0696. The number of Topliss-reactive ketones (excluding diaryl/α,β-unsaturated/α-hetero) is 1. The van der Waals surface area contributed by atoms with Crippen LogP contribution in [0.4, 0.5) is 0 Å². The van der Waals surface area contributed by atoms with Crippen LogP contribution in [-0.4, -0.2) is 34.0 Å². The Morgan fingerprint density at radius 1 is 1.07 bits per heavy atom. The van der Waals surface area contributed by atoms with Crippen LogP contribution in [-0.2, 0) is 6.54 Å². The van der Waals surface area contributed by atoms with Gasteiger partial charge >= 0.3 is 5.97 Å². The molecule has 1 fully saturated rings. The van der Waals surface area contributed by atoms with E-state index >= 15 is 0 Å². The topological polar surface area (TPSA) is 71.3 Å². The Bertz CT molecular complexity index is 1360. The molecule has 3 aromatic rings. The monoisotopic (exact) mass is 542 g/mol. The van der Waals surface area contributed by atoms with E-state index in [1.807, 2.05) is 13.0 Å². The first-order chi connectivity index (χ1) is 19.3. The first kappa shape index (κ1) is 29.8. The Morgan fingerprint density at radius 3 is 2.52 bits per heavy atom. The van der Waals surface area contributed by atoms with Gasteiger partial charge in [0.2, 0.25) is 0 Å². The molecule has 2 N–H and O–H groups in total. The van der Waals surface area contributed by atoms with Gasteiger partial charge in [-0.3, -0.25) is 4.79 Å². The van der Waals surface area contributed by atoms with Gasteiger partial charge in [-0.25, -0.2) is 4.79 Å². The standard InChI is InChI=1S/C35H46N2O3/c1-5-6-10-20-37-23-32(33(38)18-19-36-24(2)3)30-15-11-14-27(34(30)37)22-31(26-12-8-7-9-13-26)29-17-16-28(35(39)40)21-25(29)4/h11,14-17,21-24,26,36H,5-10,12-13,18-20H2,1-4H3,(H,39,40)/b31-22+. The number of carboxylic acids is 1. The zero-order valence-corrected chi connectivity index (χ0v) is 24.8. The molecule has 0 bridgehead atoms. The molecule has 40 heavy (non-hydrogen) atoms. The van der Waals surface area contributed by atoms with Crippen molar-refractivity contribution < 1.29 is 14.7 Å². The van der Waals surface area contributed by atoms with Crippen LogP contribution >= 0.6 is 0 Å². The molecule has 0 amide bonds. The summed E-state index contributed by atoms with van der Waals surface area (Å²) < 4.78 is 2.30. The lowest BCUT2D eigenvalue weighted by Crippen LogP contribution is -2.25. The van der Waals surface area contributed by atoms with Gasteiger partial charge < -0.3 is 15.0 Å². The molecule has 1 aliphatic carbocycles. The van der Waals surface area contributed by atoms with E-state index in [1.54, 1.807) is 12.1 Å². The van der Waals surface area contributed by atoms with E-state index in [4.69, 9.17) is 0 Å². The highest BCUT2D eigenvalue weighted by Crippen LogP contribution is 2.39. The van der Waals surface area contributed by atoms with Crippen molar-refractivity contribution in [2.75, 3.05) is 6.54 Å². The number of ketones is 1. The average molecular weight is 543 g/mol. The number of rotatable bonds is 13. The molecule has 1 heterocycles. The molecule has 0 spiro atoms. The van der Waals surface area contributed by atoms with Crippen molar-refractivity contribution in [3.8, 4) is 0 Å². The summed E-state index contributed by atoms with van der Waals surface area (Å²) in [4.78, 5) is 25.0. The minimum atomic E-state index is -0.895. The molecule has 0 unspecified atom stereocenters. The maximum atomic E-state index is 13.4. The molecule has 1 saturated carbocycles. The fourth-order valence-corrected chi connectivity index (χ4v) is 6.16. The number of nitrogens with zero attached hydrogens (tertiary/aromatic N) is 1. The number of aryl methyl sites for hydroxylation is 2. The van der Waals surface area contributed by atoms with Crippen LogP contribution in [0.5, 0.6) is 0 Å². The van der Waals surface area contributed by atoms with Crippen molar-refractivity contribution in [2.45, 2.75) is 98.1 Å². The van der Waals surface area contributed by atoms with Gasteiger partial charge in [0.25, 0.3) is 0 Å². The summed E-state index contributed by atoms with van der Waals surface area (Å²) in [7, 11) is 0. The molecule has 0 saturated heterocycles. The minimum Gasteiger partial charge on any atom is -0.478 e. The summed E-state index contributed by atoms with van der Waals surface area (Å²) >= 11 is 0. The van der Waals surface area contributed by atoms with Gasteiger partial charge in [0.05, 0.1) is 11.1 Å². The summed E-state index contributed by atoms with van der Waals surface area (Å²) in [6, 6.07) is 12.2. The highest BCUT2D eigenvalue weighted by molar-refractivity contribution is 6.10. The number of para-hydroxylation sites is 1. The third-order valence-corrected chi connectivity index (χ3v) is 8.28. The summed E-state index contributed by atoms with van der Waals surface area (Å²) in [5.41, 5.74) is 6.82. The van der Waals surface area contributed by atoms with Gasteiger partial charge in [-0.1, -0.05) is 77.1 Å². The van der Waals surface area contributed by atoms with Crippen LogP contribution in [0.1, 0.15) is 116 Å². The third-order valence-electron chi connectivity index (χ3n) is 8.28. The largest absolute Gasteiger partial charge is 0.478 e. The maximum Gasteiger partial charge on any atom is 0.335 e. The molecule has 1 aromatic heterocycles. The van der Waals surface area contributed by atoms with Gasteiger partial charge in [0.15, 0.2) is 5.78 Å². The number of carbonyl (C=O) groups excluding carboxylic acids is 1. The number of unbranched alkanes of at least 4 members (excludes halogenated alkanes) is 2. The van der Waals surface area contributed by atoms with Crippen molar-refractivity contribution in [2.24, 2.45) is 5.92 Å². The number of benzene rings is 2. The second kappa shape index (κ2) is 13.9. The Morgan fingerprint density at radius 2 is 1.85 bits per heavy atom. The van der Waals surface area contributed by atoms with Crippen molar-refractivity contribution in [3.05, 3.63) is 70.4 Å². The third kappa shape index (κ3) is 7.11. The second-order valence-corrected chi connectivity index (χ2v) is 11.7. The van der Waals surface area contributed by atoms with Crippen molar-refractivity contribution >= 4 is 34.3 Å². The highest BCUT2D eigenvalue weighted by Gasteiger charge is 2.23. The number of allylic oxidation sites excluding steroid dienone is 1. The zero-order chi connectivity index (χ0) is 28.6. The Labute approximate surface area is 239 Å². The van der Waals surface area contributed by atoms with Crippen LogP contribution in [0.2, 0.25) is 0 Å². The first-order valence-electron chi connectivity index (χ1n) is 15.2. The van der Waals surface area contributed by atoms with Gasteiger partial charge in [0, 0.05) is 42.7 Å². The van der Waals surface area contributed by atoms with Gasteiger partial charge in [-0.15, -0.1) is 0 Å². The number of hydrogen-bond acceptors (Lipinski definition) is 3. The number of hydrogen-bond donors (Lipinski definition) is 2. The molecule has 5 heteroatoms. The quantitative estimate of drug-likeness (QED) is 0.129. The van der Waals surface area contributed by atoms with Gasteiger partial charge in [0.1, 0.15) is 0 Å². The van der Waals surface area contributed by atoms with Crippen LogP contribution in [0.15, 0.2) is 42.6 Å². The van der Waals surface area contributed by atoms with E-state index in [0.717, 1.165) is 71.8 Å². The van der Waals surface area contributed by atoms with Gasteiger partial charge in [-0.05, 0) is 72.6 Å².